The third kappa shape index (κ3) is 4.64. The Balaban J connectivity index is 1.23. The molecular weight excluding hydrogens is 370 g/mol. The number of thioether (sulfide) groups is 1. The molecule has 0 N–H and O–H groups in total. The third-order valence-electron chi connectivity index (χ3n) is 5.58. The zero-order valence-electron chi connectivity index (χ0n) is 16.3. The number of hydrogen-bond donors (Lipinski definition) is 0. The maximum absolute atomic E-state index is 12.8. The molecule has 2 aromatic carbocycles. The van der Waals surface area contributed by atoms with Crippen molar-refractivity contribution in [3.63, 3.8) is 0 Å². The zero-order valence-corrected chi connectivity index (χ0v) is 17.1. The quantitative estimate of drug-likeness (QED) is 0.718. The van der Waals surface area contributed by atoms with Crippen LogP contribution in [-0.2, 0) is 17.0 Å². The first-order valence-corrected chi connectivity index (χ1v) is 11.1. The molecule has 1 saturated heterocycles. The largest absolute Gasteiger partial charge is 0.454 e. The van der Waals surface area contributed by atoms with Gasteiger partial charge < -0.3 is 14.4 Å². The molecular formula is C23H27NO3S. The highest BCUT2D eigenvalue weighted by molar-refractivity contribution is 7.99. The van der Waals surface area contributed by atoms with Gasteiger partial charge in [0.2, 0.25) is 12.7 Å². The van der Waals surface area contributed by atoms with Crippen molar-refractivity contribution >= 4 is 17.7 Å². The van der Waals surface area contributed by atoms with E-state index in [-0.39, 0.29) is 11.2 Å². The van der Waals surface area contributed by atoms with E-state index < -0.39 is 0 Å². The van der Waals surface area contributed by atoms with E-state index in [2.05, 4.69) is 35.2 Å². The van der Waals surface area contributed by atoms with Crippen LogP contribution in [0.5, 0.6) is 11.5 Å². The number of carbonyl (C=O) groups is 1. The van der Waals surface area contributed by atoms with Gasteiger partial charge in [0.15, 0.2) is 11.5 Å². The Bertz CT molecular complexity index is 803. The fourth-order valence-electron chi connectivity index (χ4n) is 3.89. The van der Waals surface area contributed by atoms with Crippen LogP contribution in [0.3, 0.4) is 0 Å². The van der Waals surface area contributed by atoms with Gasteiger partial charge in [-0.3, -0.25) is 4.79 Å². The summed E-state index contributed by atoms with van der Waals surface area (Å²) in [5, 5.41) is -0.0314. The van der Waals surface area contributed by atoms with Gasteiger partial charge in [-0.05, 0) is 55.4 Å². The van der Waals surface area contributed by atoms with E-state index >= 15 is 0 Å². The summed E-state index contributed by atoms with van der Waals surface area (Å²) < 4.78 is 10.8. The highest BCUT2D eigenvalue weighted by atomic mass is 32.2. The Morgan fingerprint density at radius 1 is 1.07 bits per heavy atom. The van der Waals surface area contributed by atoms with Gasteiger partial charge in [-0.25, -0.2) is 0 Å². The van der Waals surface area contributed by atoms with Crippen LogP contribution < -0.4 is 9.47 Å². The first-order chi connectivity index (χ1) is 13.7. The summed E-state index contributed by atoms with van der Waals surface area (Å²) in [6, 6.07) is 16.7. The van der Waals surface area contributed by atoms with E-state index in [1.54, 1.807) is 11.8 Å². The number of carbonyl (C=O) groups excluding carboxylic acids is 1. The molecule has 2 aromatic rings. The molecule has 1 amide bonds. The van der Waals surface area contributed by atoms with Crippen molar-refractivity contribution in [3.05, 3.63) is 59.7 Å². The van der Waals surface area contributed by atoms with Gasteiger partial charge >= 0.3 is 0 Å². The molecule has 2 heterocycles. The second-order valence-electron chi connectivity index (χ2n) is 7.60. The SMILES string of the molecule is C[C@H](SCc1ccc2c(c1)OCO2)C(=O)N1CCC(Cc2ccccc2)CC1. The average molecular weight is 398 g/mol. The summed E-state index contributed by atoms with van der Waals surface area (Å²) in [6.45, 7) is 4.08. The number of amides is 1. The van der Waals surface area contributed by atoms with Crippen molar-refractivity contribution in [2.45, 2.75) is 37.2 Å². The fraction of sp³-hybridized carbons (Fsp3) is 0.435. The number of likely N-dealkylation sites (tertiary alicyclic amines) is 1. The molecule has 4 nitrogen and oxygen atoms in total. The molecule has 28 heavy (non-hydrogen) atoms. The molecule has 1 fully saturated rings. The molecule has 0 aliphatic carbocycles. The predicted octanol–water partition coefficient (Wildman–Crippen LogP) is 4.52. The summed E-state index contributed by atoms with van der Waals surface area (Å²) in [4.78, 5) is 14.9. The lowest BCUT2D eigenvalue weighted by Gasteiger charge is -2.33. The third-order valence-corrected chi connectivity index (χ3v) is 6.78. The zero-order chi connectivity index (χ0) is 19.3. The van der Waals surface area contributed by atoms with Crippen molar-refractivity contribution in [1.29, 1.82) is 0 Å². The van der Waals surface area contributed by atoms with E-state index in [4.69, 9.17) is 9.47 Å². The smallest absolute Gasteiger partial charge is 0.235 e. The second kappa shape index (κ2) is 8.91. The second-order valence-corrected chi connectivity index (χ2v) is 8.93. The maximum Gasteiger partial charge on any atom is 0.235 e. The normalized spacial score (nSPS) is 17.5. The molecule has 2 aliphatic rings. The maximum atomic E-state index is 12.8. The molecule has 1 atom stereocenters. The van der Waals surface area contributed by atoms with Crippen molar-refractivity contribution in [2.24, 2.45) is 5.92 Å². The van der Waals surface area contributed by atoms with Gasteiger partial charge in [0.25, 0.3) is 0 Å². The fourth-order valence-corrected chi connectivity index (χ4v) is 4.80. The van der Waals surface area contributed by atoms with E-state index in [1.807, 2.05) is 25.1 Å². The topological polar surface area (TPSA) is 38.8 Å². The van der Waals surface area contributed by atoms with Crippen LogP contribution >= 0.6 is 11.8 Å². The van der Waals surface area contributed by atoms with E-state index in [0.29, 0.717) is 12.7 Å². The summed E-state index contributed by atoms with van der Waals surface area (Å²) in [7, 11) is 0. The molecule has 0 unspecified atom stereocenters. The number of ether oxygens (including phenoxy) is 2. The Labute approximate surface area is 171 Å². The van der Waals surface area contributed by atoms with E-state index in [9.17, 15) is 4.79 Å². The number of benzene rings is 2. The number of piperidine rings is 1. The Hall–Kier alpha value is -2.14. The first kappa shape index (κ1) is 19.2. The minimum Gasteiger partial charge on any atom is -0.454 e. The lowest BCUT2D eigenvalue weighted by molar-refractivity contribution is -0.131. The summed E-state index contributed by atoms with van der Waals surface area (Å²) in [5.74, 6) is 3.36. The predicted molar refractivity (Wildman–Crippen MR) is 113 cm³/mol. The van der Waals surface area contributed by atoms with E-state index in [0.717, 1.165) is 55.2 Å². The average Bonchev–Trinajstić information content (AvgIpc) is 3.21. The molecule has 0 spiro atoms. The highest BCUT2D eigenvalue weighted by Gasteiger charge is 2.26. The number of fused-ring (bicyclic) bond motifs is 1. The number of rotatable bonds is 6. The van der Waals surface area contributed by atoms with Crippen LogP contribution in [-0.4, -0.2) is 35.9 Å². The van der Waals surface area contributed by atoms with Crippen LogP contribution in [0.1, 0.15) is 30.9 Å². The first-order valence-electron chi connectivity index (χ1n) is 10.0. The van der Waals surface area contributed by atoms with Gasteiger partial charge in [0.1, 0.15) is 0 Å². The molecule has 0 saturated carbocycles. The Morgan fingerprint density at radius 2 is 1.82 bits per heavy atom. The van der Waals surface area contributed by atoms with Crippen LogP contribution in [0.4, 0.5) is 0 Å². The van der Waals surface area contributed by atoms with Crippen LogP contribution in [0.2, 0.25) is 0 Å². The van der Waals surface area contributed by atoms with Gasteiger partial charge in [-0.1, -0.05) is 36.4 Å². The van der Waals surface area contributed by atoms with Crippen molar-refractivity contribution in [3.8, 4) is 11.5 Å². The van der Waals surface area contributed by atoms with Crippen LogP contribution in [0.25, 0.3) is 0 Å². The van der Waals surface area contributed by atoms with Crippen LogP contribution in [0.15, 0.2) is 48.5 Å². The highest BCUT2D eigenvalue weighted by Crippen LogP contribution is 2.34. The van der Waals surface area contributed by atoms with Crippen molar-refractivity contribution < 1.29 is 14.3 Å². The molecule has 0 bridgehead atoms. The van der Waals surface area contributed by atoms with Crippen molar-refractivity contribution in [2.75, 3.05) is 19.9 Å². The standard InChI is InChI=1S/C23H27NO3S/c1-17(28-15-20-7-8-21-22(14-20)27-16-26-21)23(25)24-11-9-19(10-12-24)13-18-5-3-2-4-6-18/h2-8,14,17,19H,9-13,15-16H2,1H3/t17-/m0/s1. The summed E-state index contributed by atoms with van der Waals surface area (Å²) in [5.41, 5.74) is 2.57. The van der Waals surface area contributed by atoms with Crippen molar-refractivity contribution in [1.82, 2.24) is 4.90 Å². The summed E-state index contributed by atoms with van der Waals surface area (Å²) in [6.07, 6.45) is 3.32. The number of hydrogen-bond acceptors (Lipinski definition) is 4. The lowest BCUT2D eigenvalue weighted by atomic mass is 9.90. The van der Waals surface area contributed by atoms with Gasteiger partial charge in [-0.15, -0.1) is 11.8 Å². The lowest BCUT2D eigenvalue weighted by Crippen LogP contribution is -2.42. The van der Waals surface area contributed by atoms with Gasteiger partial charge in [0.05, 0.1) is 5.25 Å². The molecule has 4 rings (SSSR count). The Morgan fingerprint density at radius 3 is 2.61 bits per heavy atom. The minimum atomic E-state index is -0.0314. The summed E-state index contributed by atoms with van der Waals surface area (Å²) >= 11 is 1.69. The van der Waals surface area contributed by atoms with Gasteiger partial charge in [0, 0.05) is 18.8 Å². The molecule has 2 aliphatic heterocycles. The molecule has 5 heteroatoms. The van der Waals surface area contributed by atoms with Gasteiger partial charge in [-0.2, -0.15) is 0 Å². The number of nitrogens with zero attached hydrogens (tertiary/aromatic N) is 1. The van der Waals surface area contributed by atoms with E-state index in [1.165, 1.54) is 5.56 Å². The molecule has 0 radical (unpaired) electrons. The Kier molecular flexibility index (Phi) is 6.10. The monoisotopic (exact) mass is 397 g/mol. The van der Waals surface area contributed by atoms with Crippen LogP contribution in [0, 0.1) is 5.92 Å². The molecule has 0 aromatic heterocycles. The minimum absolute atomic E-state index is 0.0314. The molecule has 148 valence electrons.